The summed E-state index contributed by atoms with van der Waals surface area (Å²) in [6.07, 6.45) is 4.13. The van der Waals surface area contributed by atoms with E-state index in [9.17, 15) is 9.59 Å². The molecule has 0 saturated heterocycles. The van der Waals surface area contributed by atoms with Crippen molar-refractivity contribution in [1.82, 2.24) is 5.32 Å². The molecule has 12 heavy (non-hydrogen) atoms. The van der Waals surface area contributed by atoms with E-state index in [1.807, 2.05) is 0 Å². The summed E-state index contributed by atoms with van der Waals surface area (Å²) in [7, 11) is 0. The van der Waals surface area contributed by atoms with Crippen molar-refractivity contribution < 1.29 is 9.59 Å². The Balaban J connectivity index is 0.000000120. The largest absolute Gasteiger partial charge is 0.367 e. The number of carbonyl (C=O) groups excluding carboxylic acids is 2. The SMILES string of the molecule is O=C1CN=CN1.O=C1N=CC=N1. The van der Waals surface area contributed by atoms with E-state index in [2.05, 4.69) is 20.3 Å². The van der Waals surface area contributed by atoms with E-state index < -0.39 is 6.03 Å². The lowest BCUT2D eigenvalue weighted by molar-refractivity contribution is -0.117. The lowest BCUT2D eigenvalue weighted by Gasteiger charge is -1.76. The van der Waals surface area contributed by atoms with Crippen molar-refractivity contribution in [3.05, 3.63) is 0 Å². The lowest BCUT2D eigenvalue weighted by Crippen LogP contribution is -2.15. The number of urea groups is 1. The van der Waals surface area contributed by atoms with Gasteiger partial charge in [-0.05, 0) is 0 Å². The zero-order valence-corrected chi connectivity index (χ0v) is 6.10. The summed E-state index contributed by atoms with van der Waals surface area (Å²) < 4.78 is 0. The Morgan fingerprint density at radius 2 is 1.92 bits per heavy atom. The van der Waals surface area contributed by atoms with Crippen molar-refractivity contribution in [2.75, 3.05) is 6.54 Å². The second kappa shape index (κ2) is 4.12. The maximum absolute atomic E-state index is 10.0. The number of carbonyl (C=O) groups is 2. The van der Waals surface area contributed by atoms with Crippen molar-refractivity contribution >= 4 is 30.7 Å². The number of amides is 3. The molecular weight excluding hydrogens is 160 g/mol. The first-order chi connectivity index (χ1) is 5.79. The highest BCUT2D eigenvalue weighted by Crippen LogP contribution is 1.81. The Labute approximate surface area is 68.1 Å². The number of nitrogens with one attached hydrogen (secondary N) is 1. The van der Waals surface area contributed by atoms with Gasteiger partial charge in [0.05, 0.1) is 18.8 Å². The Kier molecular flexibility index (Phi) is 2.83. The molecule has 0 atom stereocenters. The topological polar surface area (TPSA) is 83.2 Å². The minimum Gasteiger partial charge on any atom is -0.316 e. The molecule has 2 aliphatic rings. The molecule has 0 aliphatic carbocycles. The summed E-state index contributed by atoms with van der Waals surface area (Å²) in [5, 5.41) is 2.39. The van der Waals surface area contributed by atoms with Crippen molar-refractivity contribution in [3.8, 4) is 0 Å². The average molecular weight is 166 g/mol. The van der Waals surface area contributed by atoms with Crippen molar-refractivity contribution in [1.29, 1.82) is 0 Å². The predicted octanol–water partition coefficient (Wildman–Crippen LogP) is -0.594. The third-order valence-corrected chi connectivity index (χ3v) is 0.988. The molecule has 2 heterocycles. The number of hydrogen-bond acceptors (Lipinski definition) is 3. The van der Waals surface area contributed by atoms with E-state index in [0.29, 0.717) is 6.54 Å². The van der Waals surface area contributed by atoms with E-state index in [4.69, 9.17) is 0 Å². The Bertz CT molecular complexity index is 255. The number of hydrogen-bond donors (Lipinski definition) is 1. The van der Waals surface area contributed by atoms with Crippen LogP contribution >= 0.6 is 0 Å². The Hall–Kier alpha value is -1.85. The second-order valence-corrected chi connectivity index (χ2v) is 1.88. The molecule has 0 saturated carbocycles. The molecule has 6 heteroatoms. The van der Waals surface area contributed by atoms with Crippen LogP contribution in [0.3, 0.4) is 0 Å². The number of nitrogens with zero attached hydrogens (tertiary/aromatic N) is 3. The van der Waals surface area contributed by atoms with Gasteiger partial charge in [-0.2, -0.15) is 9.98 Å². The van der Waals surface area contributed by atoms with Gasteiger partial charge in [-0.25, -0.2) is 4.79 Å². The van der Waals surface area contributed by atoms with Crippen LogP contribution in [0.1, 0.15) is 0 Å². The van der Waals surface area contributed by atoms with Gasteiger partial charge < -0.3 is 5.32 Å². The first-order valence-electron chi connectivity index (χ1n) is 3.17. The second-order valence-electron chi connectivity index (χ2n) is 1.88. The highest BCUT2D eigenvalue weighted by atomic mass is 16.2. The van der Waals surface area contributed by atoms with Crippen LogP contribution in [0.25, 0.3) is 0 Å². The molecule has 0 spiro atoms. The summed E-state index contributed by atoms with van der Waals surface area (Å²) in [5.41, 5.74) is 0. The first kappa shape index (κ1) is 8.25. The van der Waals surface area contributed by atoms with E-state index >= 15 is 0 Å². The van der Waals surface area contributed by atoms with Crippen LogP contribution in [0.15, 0.2) is 15.0 Å². The van der Waals surface area contributed by atoms with E-state index in [1.54, 1.807) is 0 Å². The first-order valence-corrected chi connectivity index (χ1v) is 3.17. The van der Waals surface area contributed by atoms with Crippen molar-refractivity contribution in [2.24, 2.45) is 15.0 Å². The maximum atomic E-state index is 10.0. The van der Waals surface area contributed by atoms with Crippen LogP contribution in [0.5, 0.6) is 0 Å². The van der Waals surface area contributed by atoms with Crippen LogP contribution in [-0.4, -0.2) is 37.3 Å². The van der Waals surface area contributed by atoms with Gasteiger partial charge in [-0.3, -0.25) is 9.79 Å². The maximum Gasteiger partial charge on any atom is 0.367 e. The number of rotatable bonds is 0. The summed E-state index contributed by atoms with van der Waals surface area (Å²) in [6, 6.07) is -0.407. The van der Waals surface area contributed by atoms with Gasteiger partial charge >= 0.3 is 6.03 Å². The van der Waals surface area contributed by atoms with Gasteiger partial charge in [-0.15, -0.1) is 0 Å². The molecule has 0 bridgehead atoms. The fourth-order valence-corrected chi connectivity index (χ4v) is 0.519. The molecular formula is C6H6N4O2. The zero-order chi connectivity index (χ0) is 8.81. The minimum atomic E-state index is -0.407. The molecule has 0 aromatic carbocycles. The van der Waals surface area contributed by atoms with Crippen LogP contribution in [0.2, 0.25) is 0 Å². The fraction of sp³-hybridized carbons (Fsp3) is 0.167. The molecule has 6 nitrogen and oxygen atoms in total. The summed E-state index contributed by atoms with van der Waals surface area (Å²) >= 11 is 0. The monoisotopic (exact) mass is 166 g/mol. The number of aliphatic imine (C=N–C) groups is 3. The van der Waals surface area contributed by atoms with Gasteiger partial charge in [0.1, 0.15) is 6.54 Å². The third-order valence-electron chi connectivity index (χ3n) is 0.988. The molecule has 0 fully saturated rings. The molecule has 1 N–H and O–H groups in total. The summed E-state index contributed by atoms with van der Waals surface area (Å²) in [6.45, 7) is 0.306. The highest BCUT2D eigenvalue weighted by molar-refractivity contribution is 6.25. The quantitative estimate of drug-likeness (QED) is 0.521. The lowest BCUT2D eigenvalue weighted by atomic mass is 10.7. The molecule has 0 aromatic heterocycles. The normalized spacial score (nSPS) is 17.7. The van der Waals surface area contributed by atoms with Gasteiger partial charge in [0.25, 0.3) is 0 Å². The molecule has 0 radical (unpaired) electrons. The predicted molar refractivity (Wildman–Crippen MR) is 43.9 cm³/mol. The Morgan fingerprint density at radius 3 is 2.08 bits per heavy atom. The molecule has 62 valence electrons. The molecule has 0 aromatic rings. The Morgan fingerprint density at radius 1 is 1.25 bits per heavy atom. The third kappa shape index (κ3) is 2.82. The van der Waals surface area contributed by atoms with Crippen molar-refractivity contribution in [3.63, 3.8) is 0 Å². The van der Waals surface area contributed by atoms with E-state index in [-0.39, 0.29) is 5.91 Å². The minimum absolute atomic E-state index is 0.0185. The average Bonchev–Trinajstić information content (AvgIpc) is 2.63. The fourth-order valence-electron chi connectivity index (χ4n) is 0.519. The van der Waals surface area contributed by atoms with Crippen molar-refractivity contribution in [2.45, 2.75) is 0 Å². The van der Waals surface area contributed by atoms with E-state index in [1.165, 1.54) is 18.8 Å². The van der Waals surface area contributed by atoms with Crippen LogP contribution in [-0.2, 0) is 4.79 Å². The van der Waals surface area contributed by atoms with Crippen LogP contribution in [0, 0.1) is 0 Å². The highest BCUT2D eigenvalue weighted by Gasteiger charge is 1.98. The van der Waals surface area contributed by atoms with Crippen LogP contribution in [0.4, 0.5) is 4.79 Å². The summed E-state index contributed by atoms with van der Waals surface area (Å²) in [5.74, 6) is -0.0185. The molecule has 2 rings (SSSR count). The van der Waals surface area contributed by atoms with Gasteiger partial charge in [-0.1, -0.05) is 0 Å². The van der Waals surface area contributed by atoms with Gasteiger partial charge in [0, 0.05) is 0 Å². The molecule has 0 unspecified atom stereocenters. The molecule has 2 aliphatic heterocycles. The molecule has 3 amide bonds. The van der Waals surface area contributed by atoms with E-state index in [0.717, 1.165) is 0 Å². The van der Waals surface area contributed by atoms with Gasteiger partial charge in [0.15, 0.2) is 0 Å². The van der Waals surface area contributed by atoms with Crippen LogP contribution < -0.4 is 5.32 Å². The standard InChI is InChI=1S/C3H4N2O.C3H2N2O/c6-3-1-4-2-5-3;6-3-4-1-2-5-3/h2H,1H2,(H,4,5,6);1-2H. The zero-order valence-electron chi connectivity index (χ0n) is 6.10. The summed E-state index contributed by atoms with van der Waals surface area (Å²) in [4.78, 5) is 29.9. The smallest absolute Gasteiger partial charge is 0.316 e. The van der Waals surface area contributed by atoms with Gasteiger partial charge in [0.2, 0.25) is 5.91 Å².